The minimum absolute atomic E-state index is 0.0319. The minimum Gasteiger partial charge on any atom is -0.507 e. The van der Waals surface area contributed by atoms with Crippen LogP contribution >= 0.6 is 11.3 Å². The van der Waals surface area contributed by atoms with Crippen molar-refractivity contribution in [1.29, 1.82) is 5.26 Å². The van der Waals surface area contributed by atoms with Crippen LogP contribution in [0.15, 0.2) is 24.3 Å². The van der Waals surface area contributed by atoms with Crippen molar-refractivity contribution in [1.82, 2.24) is 0 Å². The molecule has 0 radical (unpaired) electrons. The predicted octanol–water partition coefficient (Wildman–Crippen LogP) is 4.32. The SMILES string of the molecule is Cc1ccc(-c2cc(C#N)cc(C(F)(F)F)c2O)s1. The summed E-state index contributed by atoms with van der Waals surface area (Å²) in [5.74, 6) is -0.839. The number of phenols is 1. The van der Waals surface area contributed by atoms with Gasteiger partial charge in [0.1, 0.15) is 5.75 Å². The first kappa shape index (κ1) is 13.4. The first-order chi connectivity index (χ1) is 8.82. The summed E-state index contributed by atoms with van der Waals surface area (Å²) in [6, 6.07) is 6.95. The van der Waals surface area contributed by atoms with Crippen LogP contribution in [-0.4, -0.2) is 5.11 Å². The molecule has 0 saturated carbocycles. The lowest BCUT2D eigenvalue weighted by Gasteiger charge is -2.12. The maximum atomic E-state index is 12.8. The van der Waals surface area contributed by atoms with E-state index in [9.17, 15) is 18.3 Å². The monoisotopic (exact) mass is 283 g/mol. The fourth-order valence-electron chi connectivity index (χ4n) is 1.68. The van der Waals surface area contributed by atoms with Crippen LogP contribution in [0.3, 0.4) is 0 Å². The van der Waals surface area contributed by atoms with Crippen LogP contribution in [0.2, 0.25) is 0 Å². The third kappa shape index (κ3) is 2.56. The maximum absolute atomic E-state index is 12.8. The van der Waals surface area contributed by atoms with Gasteiger partial charge in [0.2, 0.25) is 0 Å². The molecule has 0 spiro atoms. The second-order valence-corrected chi connectivity index (χ2v) is 5.23. The molecule has 0 aliphatic heterocycles. The molecule has 1 N–H and O–H groups in total. The highest BCUT2D eigenvalue weighted by molar-refractivity contribution is 7.15. The van der Waals surface area contributed by atoms with Gasteiger partial charge in [0.25, 0.3) is 0 Å². The second-order valence-electron chi connectivity index (χ2n) is 3.94. The van der Waals surface area contributed by atoms with Gasteiger partial charge in [-0.25, -0.2) is 0 Å². The average Bonchev–Trinajstić information content (AvgIpc) is 2.74. The van der Waals surface area contributed by atoms with Crippen LogP contribution in [0.5, 0.6) is 5.75 Å². The van der Waals surface area contributed by atoms with Crippen molar-refractivity contribution in [3.8, 4) is 22.3 Å². The summed E-state index contributed by atoms with van der Waals surface area (Å²) in [6.45, 7) is 1.81. The summed E-state index contributed by atoms with van der Waals surface area (Å²) in [5.41, 5.74) is -1.29. The maximum Gasteiger partial charge on any atom is 0.420 e. The largest absolute Gasteiger partial charge is 0.507 e. The third-order valence-corrected chi connectivity index (χ3v) is 3.58. The Kier molecular flexibility index (Phi) is 3.25. The molecule has 1 heterocycles. The summed E-state index contributed by atoms with van der Waals surface area (Å²) in [6.07, 6.45) is -4.70. The van der Waals surface area contributed by atoms with Crippen LogP contribution < -0.4 is 0 Å². The van der Waals surface area contributed by atoms with E-state index in [0.29, 0.717) is 10.9 Å². The molecular formula is C13H8F3NOS. The van der Waals surface area contributed by atoms with Crippen molar-refractivity contribution >= 4 is 11.3 Å². The normalized spacial score (nSPS) is 11.3. The molecule has 0 aliphatic rings. The van der Waals surface area contributed by atoms with Gasteiger partial charge < -0.3 is 5.11 Å². The molecule has 0 unspecified atom stereocenters. The summed E-state index contributed by atoms with van der Waals surface area (Å²) < 4.78 is 38.4. The van der Waals surface area contributed by atoms with Crippen LogP contribution in [0.4, 0.5) is 13.2 Å². The van der Waals surface area contributed by atoms with E-state index >= 15 is 0 Å². The molecule has 0 aliphatic carbocycles. The first-order valence-corrected chi connectivity index (χ1v) is 6.05. The summed E-state index contributed by atoms with van der Waals surface area (Å²) in [4.78, 5) is 1.41. The van der Waals surface area contributed by atoms with Crippen molar-refractivity contribution in [2.45, 2.75) is 13.1 Å². The summed E-state index contributed by atoms with van der Waals surface area (Å²) >= 11 is 1.26. The number of thiophene rings is 1. The molecule has 19 heavy (non-hydrogen) atoms. The zero-order valence-corrected chi connectivity index (χ0v) is 10.6. The Morgan fingerprint density at radius 1 is 1.26 bits per heavy atom. The van der Waals surface area contributed by atoms with Gasteiger partial charge in [0.15, 0.2) is 0 Å². The van der Waals surface area contributed by atoms with Gasteiger partial charge >= 0.3 is 6.18 Å². The number of nitrogens with zero attached hydrogens (tertiary/aromatic N) is 1. The lowest BCUT2D eigenvalue weighted by Crippen LogP contribution is -2.06. The van der Waals surface area contributed by atoms with E-state index in [2.05, 4.69) is 0 Å². The van der Waals surface area contributed by atoms with Gasteiger partial charge in [-0.1, -0.05) is 0 Å². The zero-order valence-electron chi connectivity index (χ0n) is 9.75. The number of alkyl halides is 3. The Hall–Kier alpha value is -2.00. The van der Waals surface area contributed by atoms with Crippen LogP contribution in [0.1, 0.15) is 16.0 Å². The van der Waals surface area contributed by atoms with E-state index in [1.165, 1.54) is 17.4 Å². The number of hydrogen-bond donors (Lipinski definition) is 1. The van der Waals surface area contributed by atoms with Gasteiger partial charge in [-0.2, -0.15) is 18.4 Å². The number of halogens is 3. The second kappa shape index (κ2) is 4.59. The highest BCUT2D eigenvalue weighted by Crippen LogP contribution is 2.43. The molecular weight excluding hydrogens is 275 g/mol. The van der Waals surface area contributed by atoms with Gasteiger partial charge in [0, 0.05) is 15.3 Å². The standard InChI is InChI=1S/C13H8F3NOS/c1-7-2-3-11(19-7)9-4-8(6-17)5-10(12(9)18)13(14,15)16/h2-5,18H,1H3. The fraction of sp³-hybridized carbons (Fsp3) is 0.154. The van der Waals surface area contributed by atoms with Crippen molar-refractivity contribution in [3.63, 3.8) is 0 Å². The summed E-state index contributed by atoms with van der Waals surface area (Å²) in [7, 11) is 0. The van der Waals surface area contributed by atoms with Crippen molar-refractivity contribution in [3.05, 3.63) is 40.3 Å². The van der Waals surface area contributed by atoms with E-state index in [1.807, 2.05) is 6.92 Å². The van der Waals surface area contributed by atoms with Crippen molar-refractivity contribution in [2.75, 3.05) is 0 Å². The minimum atomic E-state index is -4.70. The zero-order chi connectivity index (χ0) is 14.2. The number of hydrogen-bond acceptors (Lipinski definition) is 3. The topological polar surface area (TPSA) is 44.0 Å². The molecule has 1 aromatic heterocycles. The van der Waals surface area contributed by atoms with E-state index in [0.717, 1.165) is 4.88 Å². The van der Waals surface area contributed by atoms with Gasteiger partial charge in [-0.15, -0.1) is 11.3 Å². The van der Waals surface area contributed by atoms with Crippen LogP contribution in [-0.2, 0) is 6.18 Å². The molecule has 1 aromatic carbocycles. The van der Waals surface area contributed by atoms with Crippen molar-refractivity contribution in [2.24, 2.45) is 0 Å². The Labute approximate surface area is 111 Å². The molecule has 0 saturated heterocycles. The Morgan fingerprint density at radius 2 is 1.95 bits per heavy atom. The molecule has 2 aromatic rings. The summed E-state index contributed by atoms with van der Waals surface area (Å²) in [5, 5.41) is 18.6. The lowest BCUT2D eigenvalue weighted by molar-refractivity contribution is -0.138. The lowest BCUT2D eigenvalue weighted by atomic mass is 10.0. The third-order valence-electron chi connectivity index (χ3n) is 2.55. The van der Waals surface area contributed by atoms with Crippen LogP contribution in [0.25, 0.3) is 10.4 Å². The van der Waals surface area contributed by atoms with E-state index in [1.54, 1.807) is 18.2 Å². The van der Waals surface area contributed by atoms with Crippen LogP contribution in [0, 0.1) is 18.3 Å². The average molecular weight is 283 g/mol. The fourth-order valence-corrected chi connectivity index (χ4v) is 2.57. The molecule has 0 amide bonds. The highest BCUT2D eigenvalue weighted by atomic mass is 32.1. The number of aromatic hydroxyl groups is 1. The smallest absolute Gasteiger partial charge is 0.420 e. The number of phenolic OH excluding ortho intramolecular Hbond substituents is 1. The predicted molar refractivity (Wildman–Crippen MR) is 65.9 cm³/mol. The molecule has 0 atom stereocenters. The van der Waals surface area contributed by atoms with E-state index in [4.69, 9.17) is 5.26 Å². The van der Waals surface area contributed by atoms with Gasteiger partial charge in [-0.3, -0.25) is 0 Å². The number of benzene rings is 1. The van der Waals surface area contributed by atoms with Gasteiger partial charge in [-0.05, 0) is 31.2 Å². The molecule has 2 rings (SSSR count). The quantitative estimate of drug-likeness (QED) is 0.847. The first-order valence-electron chi connectivity index (χ1n) is 5.24. The van der Waals surface area contributed by atoms with Gasteiger partial charge in [0.05, 0.1) is 17.2 Å². The Morgan fingerprint density at radius 3 is 2.42 bits per heavy atom. The Balaban J connectivity index is 2.71. The number of nitriles is 1. The molecule has 2 nitrogen and oxygen atoms in total. The molecule has 98 valence electrons. The number of aryl methyl sites for hydroxylation is 1. The molecule has 0 bridgehead atoms. The highest BCUT2D eigenvalue weighted by Gasteiger charge is 2.35. The molecule has 6 heteroatoms. The van der Waals surface area contributed by atoms with Crippen molar-refractivity contribution < 1.29 is 18.3 Å². The van der Waals surface area contributed by atoms with E-state index < -0.39 is 17.5 Å². The van der Waals surface area contributed by atoms with E-state index in [-0.39, 0.29) is 11.1 Å². The number of rotatable bonds is 1. The Bertz CT molecular complexity index is 668. The molecule has 0 fully saturated rings.